The van der Waals surface area contributed by atoms with E-state index < -0.39 is 28.1 Å². The zero-order valence-corrected chi connectivity index (χ0v) is 12.6. The van der Waals surface area contributed by atoms with Crippen LogP contribution in [0.2, 0.25) is 0 Å². The minimum Gasteiger partial charge on any atom is -0.465 e. The van der Waals surface area contributed by atoms with Crippen molar-refractivity contribution < 1.29 is 23.1 Å². The van der Waals surface area contributed by atoms with Gasteiger partial charge in [-0.1, -0.05) is 25.0 Å². The average molecular weight is 313 g/mol. The largest absolute Gasteiger partial charge is 0.465 e. The van der Waals surface area contributed by atoms with Crippen molar-refractivity contribution in [3.8, 4) is 0 Å². The lowest BCUT2D eigenvalue weighted by Crippen LogP contribution is -2.45. The normalized spacial score (nSPS) is 22.8. The summed E-state index contributed by atoms with van der Waals surface area (Å²) in [4.78, 5) is 11.5. The summed E-state index contributed by atoms with van der Waals surface area (Å²) in [5.41, 5.74) is -0.0159. The number of carbonyl (C=O) groups is 1. The van der Waals surface area contributed by atoms with E-state index in [4.69, 9.17) is 0 Å². The van der Waals surface area contributed by atoms with Crippen LogP contribution in [0.1, 0.15) is 36.0 Å². The quantitative estimate of drug-likeness (QED) is 0.811. The number of nitrogens with one attached hydrogen (secondary N) is 1. The fraction of sp³-hybridized carbons (Fsp3) is 0.500. The smallest absolute Gasteiger partial charge is 0.339 e. The minimum atomic E-state index is -3.89. The monoisotopic (exact) mass is 313 g/mol. The van der Waals surface area contributed by atoms with Crippen LogP contribution >= 0.6 is 0 Å². The van der Waals surface area contributed by atoms with Gasteiger partial charge < -0.3 is 9.84 Å². The Morgan fingerprint density at radius 3 is 2.62 bits per heavy atom. The lowest BCUT2D eigenvalue weighted by atomic mass is 9.93. The summed E-state index contributed by atoms with van der Waals surface area (Å²) in [5, 5.41) is 9.89. The summed E-state index contributed by atoms with van der Waals surface area (Å²) < 4.78 is 32.0. The van der Waals surface area contributed by atoms with Crippen LogP contribution in [0.4, 0.5) is 0 Å². The van der Waals surface area contributed by atoms with E-state index in [1.54, 1.807) is 6.07 Å². The molecule has 21 heavy (non-hydrogen) atoms. The molecule has 6 nitrogen and oxygen atoms in total. The third-order valence-electron chi connectivity index (χ3n) is 3.62. The molecule has 1 fully saturated rings. The van der Waals surface area contributed by atoms with Crippen LogP contribution in [0.5, 0.6) is 0 Å². The highest BCUT2D eigenvalue weighted by Gasteiger charge is 2.30. The molecular weight excluding hydrogens is 294 g/mol. The van der Waals surface area contributed by atoms with Gasteiger partial charge in [-0.25, -0.2) is 17.9 Å². The van der Waals surface area contributed by atoms with E-state index in [1.807, 2.05) is 0 Å². The molecule has 0 unspecified atom stereocenters. The maximum absolute atomic E-state index is 12.5. The van der Waals surface area contributed by atoms with Gasteiger partial charge in [0.2, 0.25) is 10.0 Å². The van der Waals surface area contributed by atoms with Crippen LogP contribution in [-0.2, 0) is 14.8 Å². The van der Waals surface area contributed by atoms with Gasteiger partial charge in [0.25, 0.3) is 0 Å². The highest BCUT2D eigenvalue weighted by molar-refractivity contribution is 7.89. The number of hydrogen-bond acceptors (Lipinski definition) is 5. The van der Waals surface area contributed by atoms with Gasteiger partial charge >= 0.3 is 5.97 Å². The molecule has 1 aliphatic carbocycles. The van der Waals surface area contributed by atoms with Crippen molar-refractivity contribution >= 4 is 16.0 Å². The van der Waals surface area contributed by atoms with Crippen molar-refractivity contribution in [2.75, 3.05) is 7.11 Å². The number of hydrogen-bond donors (Lipinski definition) is 2. The van der Waals surface area contributed by atoms with Crippen LogP contribution in [0.15, 0.2) is 29.2 Å². The Labute approximate surface area is 124 Å². The summed E-state index contributed by atoms with van der Waals surface area (Å²) >= 11 is 0. The van der Waals surface area contributed by atoms with Crippen molar-refractivity contribution in [2.45, 2.75) is 42.7 Å². The molecular formula is C14H19NO5S. The lowest BCUT2D eigenvalue weighted by Gasteiger charge is -2.28. The molecule has 7 heteroatoms. The molecule has 2 N–H and O–H groups in total. The second-order valence-electron chi connectivity index (χ2n) is 5.07. The first-order valence-electron chi connectivity index (χ1n) is 6.83. The van der Waals surface area contributed by atoms with E-state index in [9.17, 15) is 18.3 Å². The fourth-order valence-corrected chi connectivity index (χ4v) is 3.99. The Balaban J connectivity index is 2.29. The third kappa shape index (κ3) is 3.61. The first kappa shape index (κ1) is 15.9. The van der Waals surface area contributed by atoms with E-state index in [0.29, 0.717) is 12.8 Å². The molecule has 1 aromatic rings. The zero-order chi connectivity index (χ0) is 15.5. The van der Waals surface area contributed by atoms with E-state index in [-0.39, 0.29) is 10.5 Å². The Hall–Kier alpha value is -1.44. The number of sulfonamides is 1. The molecule has 2 atom stereocenters. The van der Waals surface area contributed by atoms with Gasteiger partial charge in [0, 0.05) is 6.04 Å². The Morgan fingerprint density at radius 2 is 1.95 bits per heavy atom. The van der Waals surface area contributed by atoms with Crippen LogP contribution < -0.4 is 4.72 Å². The van der Waals surface area contributed by atoms with Crippen LogP contribution in [0.3, 0.4) is 0 Å². The van der Waals surface area contributed by atoms with Crippen LogP contribution in [0.25, 0.3) is 0 Å². The number of benzene rings is 1. The van der Waals surface area contributed by atoms with Crippen LogP contribution in [0, 0.1) is 0 Å². The molecule has 0 spiro atoms. The van der Waals surface area contributed by atoms with Crippen LogP contribution in [-0.4, -0.2) is 38.7 Å². The Bertz CT molecular complexity index is 614. The molecule has 0 heterocycles. The van der Waals surface area contributed by atoms with E-state index in [0.717, 1.165) is 12.8 Å². The van der Waals surface area contributed by atoms with Gasteiger partial charge in [-0.3, -0.25) is 0 Å². The number of carbonyl (C=O) groups excluding carboxylic acids is 1. The molecule has 0 amide bonds. The van der Waals surface area contributed by atoms with Gasteiger partial charge in [-0.05, 0) is 25.0 Å². The predicted octanol–water partition coefficient (Wildman–Crippen LogP) is 1.05. The fourth-order valence-electron chi connectivity index (χ4n) is 2.49. The summed E-state index contributed by atoms with van der Waals surface area (Å²) in [7, 11) is -2.69. The Morgan fingerprint density at radius 1 is 1.29 bits per heavy atom. The topological polar surface area (TPSA) is 92.7 Å². The second kappa shape index (κ2) is 6.55. The molecule has 0 aromatic heterocycles. The predicted molar refractivity (Wildman–Crippen MR) is 76.4 cm³/mol. The second-order valence-corrected chi connectivity index (χ2v) is 6.75. The first-order chi connectivity index (χ1) is 9.95. The number of ether oxygens (including phenoxy) is 1. The number of aliphatic hydroxyl groups is 1. The van der Waals surface area contributed by atoms with Gasteiger partial charge in [0.1, 0.15) is 0 Å². The van der Waals surface area contributed by atoms with Crippen molar-refractivity contribution in [3.63, 3.8) is 0 Å². The maximum atomic E-state index is 12.5. The number of rotatable bonds is 4. The van der Waals surface area contributed by atoms with Crippen molar-refractivity contribution in [1.82, 2.24) is 4.72 Å². The van der Waals surface area contributed by atoms with Gasteiger partial charge in [-0.2, -0.15) is 0 Å². The average Bonchev–Trinajstić information content (AvgIpc) is 2.48. The highest BCUT2D eigenvalue weighted by Crippen LogP contribution is 2.22. The number of esters is 1. The molecule has 0 bridgehead atoms. The van der Waals surface area contributed by atoms with E-state index in [1.165, 1.54) is 25.3 Å². The summed E-state index contributed by atoms with van der Waals surface area (Å²) in [6.45, 7) is 0. The standard InChI is InChI=1S/C14H19NO5S/c1-20-14(17)10-6-2-5-9-13(10)21(18,19)15-11-7-3-4-8-12(11)16/h2,5-6,9,11-12,15-16H,3-4,7-8H2,1H3/t11-,12-/m0/s1. The number of aliphatic hydroxyl groups excluding tert-OH is 1. The lowest BCUT2D eigenvalue weighted by molar-refractivity contribution is 0.0596. The highest BCUT2D eigenvalue weighted by atomic mass is 32.2. The zero-order valence-electron chi connectivity index (χ0n) is 11.8. The molecule has 0 aliphatic heterocycles. The molecule has 1 aromatic carbocycles. The van der Waals surface area contributed by atoms with Crippen molar-refractivity contribution in [3.05, 3.63) is 29.8 Å². The third-order valence-corrected chi connectivity index (χ3v) is 5.17. The summed E-state index contributed by atoms with van der Waals surface area (Å²) in [6, 6.07) is 5.34. The molecule has 116 valence electrons. The summed E-state index contributed by atoms with van der Waals surface area (Å²) in [5.74, 6) is -0.708. The molecule has 1 saturated carbocycles. The molecule has 1 aliphatic rings. The SMILES string of the molecule is COC(=O)c1ccccc1S(=O)(=O)N[C@H]1CCCC[C@@H]1O. The van der Waals surface area contributed by atoms with Crippen molar-refractivity contribution in [1.29, 1.82) is 0 Å². The number of methoxy groups -OCH3 is 1. The summed E-state index contributed by atoms with van der Waals surface area (Å²) in [6.07, 6.45) is 2.21. The maximum Gasteiger partial charge on any atom is 0.339 e. The van der Waals surface area contributed by atoms with Gasteiger partial charge in [0.05, 0.1) is 23.7 Å². The molecule has 2 rings (SSSR count). The van der Waals surface area contributed by atoms with E-state index >= 15 is 0 Å². The minimum absolute atomic E-state index is 0.0159. The molecule has 0 saturated heterocycles. The molecule has 0 radical (unpaired) electrons. The Kier molecular flexibility index (Phi) is 4.97. The van der Waals surface area contributed by atoms with Gasteiger partial charge in [-0.15, -0.1) is 0 Å². The van der Waals surface area contributed by atoms with Gasteiger partial charge in [0.15, 0.2) is 0 Å². The van der Waals surface area contributed by atoms with E-state index in [2.05, 4.69) is 9.46 Å². The van der Waals surface area contributed by atoms with Crippen molar-refractivity contribution in [2.24, 2.45) is 0 Å². The first-order valence-corrected chi connectivity index (χ1v) is 8.32.